The number of pyridine rings is 2. The van der Waals surface area contributed by atoms with E-state index in [1.807, 2.05) is 60.5 Å². The van der Waals surface area contributed by atoms with Crippen molar-refractivity contribution < 1.29 is 0 Å². The Kier molecular flexibility index (Phi) is 6.61. The van der Waals surface area contributed by atoms with E-state index >= 15 is 0 Å². The standard InChI is InChI=1S/C26H26N4OS/c1-18-10-11-19(2)24-23(18)13-22(25(31)29-24)17-30(16-21-9-6-12-27-14-21)26(32)28-15-20-7-4-3-5-8-20/h3-14H,15-17H2,1-2H3,(H,28,32)(H,29,31). The molecule has 0 atom stereocenters. The lowest BCUT2D eigenvalue weighted by molar-refractivity contribution is 0.396. The van der Waals surface area contributed by atoms with Crippen LogP contribution in [0.25, 0.3) is 10.9 Å². The van der Waals surface area contributed by atoms with Crippen molar-refractivity contribution in [1.29, 1.82) is 0 Å². The lowest BCUT2D eigenvalue weighted by atomic mass is 10.0. The molecule has 0 unspecified atom stereocenters. The molecule has 0 saturated heterocycles. The molecule has 5 nitrogen and oxygen atoms in total. The van der Waals surface area contributed by atoms with Crippen LogP contribution in [0.4, 0.5) is 0 Å². The topological polar surface area (TPSA) is 61.0 Å². The van der Waals surface area contributed by atoms with E-state index in [0.29, 0.717) is 30.3 Å². The van der Waals surface area contributed by atoms with Crippen molar-refractivity contribution in [3.63, 3.8) is 0 Å². The number of benzene rings is 2. The predicted molar refractivity (Wildman–Crippen MR) is 133 cm³/mol. The Balaban J connectivity index is 1.62. The third-order valence-corrected chi connectivity index (χ3v) is 5.95. The summed E-state index contributed by atoms with van der Waals surface area (Å²) < 4.78 is 0. The molecule has 0 radical (unpaired) electrons. The van der Waals surface area contributed by atoms with E-state index in [9.17, 15) is 4.79 Å². The molecule has 0 fully saturated rings. The fraction of sp³-hybridized carbons (Fsp3) is 0.192. The first kappa shape index (κ1) is 21.7. The number of aromatic amines is 1. The Labute approximate surface area is 193 Å². The maximum atomic E-state index is 12.9. The fourth-order valence-corrected chi connectivity index (χ4v) is 3.94. The summed E-state index contributed by atoms with van der Waals surface area (Å²) in [6.45, 7) is 5.64. The molecule has 32 heavy (non-hydrogen) atoms. The predicted octanol–water partition coefficient (Wildman–Crippen LogP) is 4.62. The van der Waals surface area contributed by atoms with Gasteiger partial charge in [0.2, 0.25) is 0 Å². The highest BCUT2D eigenvalue weighted by molar-refractivity contribution is 7.80. The van der Waals surface area contributed by atoms with Gasteiger partial charge in [0.05, 0.1) is 12.1 Å². The summed E-state index contributed by atoms with van der Waals surface area (Å²) in [7, 11) is 0. The minimum absolute atomic E-state index is 0.0896. The van der Waals surface area contributed by atoms with Crippen LogP contribution in [0.15, 0.2) is 77.9 Å². The van der Waals surface area contributed by atoms with Gasteiger partial charge in [-0.3, -0.25) is 9.78 Å². The van der Waals surface area contributed by atoms with E-state index in [4.69, 9.17) is 12.2 Å². The molecule has 2 N–H and O–H groups in total. The Morgan fingerprint density at radius 2 is 1.75 bits per heavy atom. The minimum Gasteiger partial charge on any atom is -0.358 e. The number of hydrogen-bond donors (Lipinski definition) is 2. The summed E-state index contributed by atoms with van der Waals surface area (Å²) in [6.07, 6.45) is 3.57. The highest BCUT2D eigenvalue weighted by Crippen LogP contribution is 2.20. The van der Waals surface area contributed by atoms with Gasteiger partial charge in [-0.2, -0.15) is 0 Å². The molecular formula is C26H26N4OS. The van der Waals surface area contributed by atoms with Gasteiger partial charge in [-0.15, -0.1) is 0 Å². The summed E-state index contributed by atoms with van der Waals surface area (Å²) in [5.41, 5.74) is 5.84. The van der Waals surface area contributed by atoms with Crippen molar-refractivity contribution in [3.05, 3.63) is 111 Å². The molecule has 162 valence electrons. The molecule has 4 aromatic rings. The van der Waals surface area contributed by atoms with Gasteiger partial charge in [-0.1, -0.05) is 48.5 Å². The number of hydrogen-bond acceptors (Lipinski definition) is 3. The first-order chi connectivity index (χ1) is 15.5. The van der Waals surface area contributed by atoms with Crippen LogP contribution < -0.4 is 10.9 Å². The third kappa shape index (κ3) is 5.03. The molecule has 6 heteroatoms. The summed E-state index contributed by atoms with van der Waals surface area (Å²) in [6, 6.07) is 20.1. The van der Waals surface area contributed by atoms with E-state index < -0.39 is 0 Å². The van der Waals surface area contributed by atoms with Crippen LogP contribution in [-0.4, -0.2) is 20.0 Å². The fourth-order valence-electron chi connectivity index (χ4n) is 3.74. The maximum Gasteiger partial charge on any atom is 0.253 e. The number of thiocarbonyl (C=S) groups is 1. The Morgan fingerprint density at radius 1 is 1.00 bits per heavy atom. The Hall–Kier alpha value is -3.51. The van der Waals surface area contributed by atoms with Gasteiger partial charge in [0, 0.05) is 36.4 Å². The second-order valence-electron chi connectivity index (χ2n) is 7.97. The van der Waals surface area contributed by atoms with E-state index in [1.165, 1.54) is 0 Å². The van der Waals surface area contributed by atoms with E-state index in [-0.39, 0.29) is 5.56 Å². The van der Waals surface area contributed by atoms with Crippen molar-refractivity contribution in [1.82, 2.24) is 20.2 Å². The largest absolute Gasteiger partial charge is 0.358 e. The van der Waals surface area contributed by atoms with E-state index in [2.05, 4.69) is 40.4 Å². The van der Waals surface area contributed by atoms with Crippen LogP contribution in [0.5, 0.6) is 0 Å². The molecule has 2 aromatic carbocycles. The number of H-pyrrole nitrogens is 1. The zero-order chi connectivity index (χ0) is 22.5. The number of aromatic nitrogens is 2. The lowest BCUT2D eigenvalue weighted by Gasteiger charge is -2.26. The van der Waals surface area contributed by atoms with Crippen LogP contribution in [0.3, 0.4) is 0 Å². The van der Waals surface area contributed by atoms with E-state index in [0.717, 1.165) is 33.2 Å². The summed E-state index contributed by atoms with van der Waals surface area (Å²) in [5.74, 6) is 0. The molecule has 0 saturated carbocycles. The highest BCUT2D eigenvalue weighted by atomic mass is 32.1. The molecular weight excluding hydrogens is 416 g/mol. The van der Waals surface area contributed by atoms with Gasteiger partial charge in [-0.05, 0) is 60.5 Å². The van der Waals surface area contributed by atoms with Crippen molar-refractivity contribution in [3.8, 4) is 0 Å². The number of rotatable bonds is 6. The molecule has 0 aliphatic carbocycles. The van der Waals surface area contributed by atoms with Crippen LogP contribution in [0, 0.1) is 13.8 Å². The zero-order valence-corrected chi connectivity index (χ0v) is 19.1. The molecule has 2 heterocycles. The second-order valence-corrected chi connectivity index (χ2v) is 8.36. The number of nitrogens with zero attached hydrogens (tertiary/aromatic N) is 2. The second kappa shape index (κ2) is 9.75. The monoisotopic (exact) mass is 442 g/mol. The normalized spacial score (nSPS) is 10.8. The van der Waals surface area contributed by atoms with Crippen LogP contribution in [0.2, 0.25) is 0 Å². The smallest absolute Gasteiger partial charge is 0.253 e. The average molecular weight is 443 g/mol. The van der Waals surface area contributed by atoms with Gasteiger partial charge in [0.15, 0.2) is 5.11 Å². The first-order valence-corrected chi connectivity index (χ1v) is 11.0. The molecule has 0 aliphatic rings. The van der Waals surface area contributed by atoms with Gasteiger partial charge in [0.25, 0.3) is 5.56 Å². The van der Waals surface area contributed by atoms with Gasteiger partial charge in [-0.25, -0.2) is 0 Å². The molecule has 0 spiro atoms. The Bertz CT molecular complexity index is 1290. The highest BCUT2D eigenvalue weighted by Gasteiger charge is 2.15. The van der Waals surface area contributed by atoms with Gasteiger partial charge < -0.3 is 15.2 Å². The molecule has 0 bridgehead atoms. The lowest BCUT2D eigenvalue weighted by Crippen LogP contribution is -2.39. The quantitative estimate of drug-likeness (QED) is 0.427. The molecule has 2 aromatic heterocycles. The van der Waals surface area contributed by atoms with Crippen molar-refractivity contribution in [2.45, 2.75) is 33.5 Å². The zero-order valence-electron chi connectivity index (χ0n) is 18.3. The van der Waals surface area contributed by atoms with Crippen molar-refractivity contribution in [2.75, 3.05) is 0 Å². The molecule has 4 rings (SSSR count). The number of aryl methyl sites for hydroxylation is 2. The molecule has 0 amide bonds. The first-order valence-electron chi connectivity index (χ1n) is 10.6. The van der Waals surface area contributed by atoms with Crippen molar-refractivity contribution in [2.24, 2.45) is 0 Å². The van der Waals surface area contributed by atoms with Crippen LogP contribution >= 0.6 is 12.2 Å². The average Bonchev–Trinajstić information content (AvgIpc) is 2.81. The van der Waals surface area contributed by atoms with Crippen LogP contribution in [0.1, 0.15) is 27.8 Å². The summed E-state index contributed by atoms with van der Waals surface area (Å²) in [5, 5.41) is 5.00. The van der Waals surface area contributed by atoms with Crippen molar-refractivity contribution >= 4 is 28.2 Å². The van der Waals surface area contributed by atoms with E-state index in [1.54, 1.807) is 6.20 Å². The summed E-state index contributed by atoms with van der Waals surface area (Å²) >= 11 is 5.74. The SMILES string of the molecule is Cc1ccc(C)c2[nH]c(=O)c(CN(Cc3cccnc3)C(=S)NCc3ccccc3)cc12. The van der Waals surface area contributed by atoms with Crippen LogP contribution in [-0.2, 0) is 19.6 Å². The van der Waals surface area contributed by atoms with Gasteiger partial charge in [0.1, 0.15) is 0 Å². The maximum absolute atomic E-state index is 12.9. The number of fused-ring (bicyclic) bond motifs is 1. The van der Waals surface area contributed by atoms with Gasteiger partial charge >= 0.3 is 0 Å². The minimum atomic E-state index is -0.0896. The molecule has 0 aliphatic heterocycles. The number of nitrogens with one attached hydrogen (secondary N) is 2. The Morgan fingerprint density at radius 3 is 2.50 bits per heavy atom. The third-order valence-electron chi connectivity index (χ3n) is 5.55. The summed E-state index contributed by atoms with van der Waals surface area (Å²) in [4.78, 5) is 22.2.